The fraction of sp³-hybridized carbons (Fsp3) is 0.227. The first kappa shape index (κ1) is 20.9. The van der Waals surface area contributed by atoms with E-state index in [-0.39, 0.29) is 12.2 Å². The lowest BCUT2D eigenvalue weighted by Gasteiger charge is -2.14. The molecule has 1 amide bonds. The van der Waals surface area contributed by atoms with Crippen LogP contribution in [0, 0.1) is 13.8 Å². The van der Waals surface area contributed by atoms with Gasteiger partial charge in [0.05, 0.1) is 42.3 Å². The molecule has 1 heterocycles. The summed E-state index contributed by atoms with van der Waals surface area (Å²) in [7, 11) is 2.76. The van der Waals surface area contributed by atoms with Crippen molar-refractivity contribution in [2.45, 2.75) is 20.5 Å². The van der Waals surface area contributed by atoms with Crippen LogP contribution in [-0.4, -0.2) is 31.3 Å². The van der Waals surface area contributed by atoms with Crippen LogP contribution in [0.25, 0.3) is 0 Å². The van der Waals surface area contributed by atoms with Crippen molar-refractivity contribution < 1.29 is 28.3 Å². The van der Waals surface area contributed by atoms with E-state index in [1.807, 2.05) is 6.92 Å². The first-order chi connectivity index (χ1) is 14.4. The van der Waals surface area contributed by atoms with Crippen molar-refractivity contribution >= 4 is 17.6 Å². The number of ether oxygens (including phenoxy) is 3. The molecule has 2 aromatic carbocycles. The van der Waals surface area contributed by atoms with Crippen molar-refractivity contribution in [3.8, 4) is 11.5 Å². The molecule has 0 aliphatic carbocycles. The van der Waals surface area contributed by atoms with Crippen LogP contribution in [-0.2, 0) is 11.3 Å². The number of hydrogen-bond donors (Lipinski definition) is 1. The molecule has 0 spiro atoms. The monoisotopic (exact) mass is 410 g/mol. The molecule has 8 heteroatoms. The smallest absolute Gasteiger partial charge is 0.337 e. The zero-order chi connectivity index (χ0) is 21.7. The number of rotatable bonds is 7. The molecule has 8 nitrogen and oxygen atoms in total. The molecule has 0 aliphatic heterocycles. The van der Waals surface area contributed by atoms with Gasteiger partial charge in [-0.3, -0.25) is 4.79 Å². The maximum atomic E-state index is 13.0. The zero-order valence-electron chi connectivity index (χ0n) is 17.1. The lowest BCUT2D eigenvalue weighted by molar-refractivity contribution is 0.0600. The van der Waals surface area contributed by atoms with Gasteiger partial charge in [0.15, 0.2) is 0 Å². The molecule has 156 valence electrons. The average molecular weight is 410 g/mol. The number of para-hydroxylation sites is 1. The molecule has 0 fully saturated rings. The number of benzene rings is 2. The minimum atomic E-state index is -0.517. The van der Waals surface area contributed by atoms with Gasteiger partial charge in [-0.1, -0.05) is 17.3 Å². The summed E-state index contributed by atoms with van der Waals surface area (Å²) in [5, 5.41) is 6.68. The van der Waals surface area contributed by atoms with Crippen LogP contribution in [0.15, 0.2) is 47.0 Å². The highest BCUT2D eigenvalue weighted by molar-refractivity contribution is 6.07. The Hall–Kier alpha value is -3.81. The number of nitrogens with zero attached hydrogens (tertiary/aromatic N) is 1. The van der Waals surface area contributed by atoms with Crippen molar-refractivity contribution in [1.29, 1.82) is 0 Å². The van der Waals surface area contributed by atoms with Crippen LogP contribution in [0.3, 0.4) is 0 Å². The molecule has 0 saturated carbocycles. The van der Waals surface area contributed by atoms with Gasteiger partial charge in [-0.05, 0) is 44.2 Å². The molecule has 0 radical (unpaired) electrons. The Balaban J connectivity index is 1.83. The Labute approximate surface area is 173 Å². The standard InChI is InChI=1S/C22H22N2O6/c1-13-17(14(2)30-24-13)12-29-19-8-6-5-7-16(19)21(25)23-18-11-15(22(26)28-4)9-10-20(18)27-3/h5-11H,12H2,1-4H3,(H,23,25). The molecule has 3 rings (SSSR count). The quantitative estimate of drug-likeness (QED) is 0.589. The lowest BCUT2D eigenvalue weighted by Crippen LogP contribution is -2.15. The number of hydrogen-bond acceptors (Lipinski definition) is 7. The van der Waals surface area contributed by atoms with E-state index in [0.717, 1.165) is 11.3 Å². The normalized spacial score (nSPS) is 10.4. The van der Waals surface area contributed by atoms with E-state index in [4.69, 9.17) is 18.7 Å². The van der Waals surface area contributed by atoms with Crippen molar-refractivity contribution in [3.63, 3.8) is 0 Å². The van der Waals surface area contributed by atoms with Gasteiger partial charge in [0.2, 0.25) is 0 Å². The maximum Gasteiger partial charge on any atom is 0.337 e. The van der Waals surface area contributed by atoms with Gasteiger partial charge < -0.3 is 24.1 Å². The van der Waals surface area contributed by atoms with Crippen LogP contribution in [0.5, 0.6) is 11.5 Å². The third-order valence-electron chi connectivity index (χ3n) is 4.55. The molecule has 1 N–H and O–H groups in total. The summed E-state index contributed by atoms with van der Waals surface area (Å²) in [5.74, 6) is 0.544. The minimum Gasteiger partial charge on any atom is -0.495 e. The Morgan fingerprint density at radius 1 is 1.07 bits per heavy atom. The summed E-state index contributed by atoms with van der Waals surface area (Å²) in [4.78, 5) is 24.8. The van der Waals surface area contributed by atoms with Crippen LogP contribution in [0.1, 0.15) is 37.7 Å². The summed E-state index contributed by atoms with van der Waals surface area (Å²) in [6.07, 6.45) is 0. The summed E-state index contributed by atoms with van der Waals surface area (Å²) in [6, 6.07) is 11.5. The van der Waals surface area contributed by atoms with Crippen LogP contribution in [0.4, 0.5) is 5.69 Å². The largest absolute Gasteiger partial charge is 0.495 e. The van der Waals surface area contributed by atoms with Crippen molar-refractivity contribution in [1.82, 2.24) is 5.16 Å². The van der Waals surface area contributed by atoms with E-state index in [1.54, 1.807) is 43.3 Å². The molecule has 0 unspecified atom stereocenters. The Morgan fingerprint density at radius 3 is 2.50 bits per heavy atom. The molecule has 30 heavy (non-hydrogen) atoms. The molecule has 3 aromatic rings. The zero-order valence-corrected chi connectivity index (χ0v) is 17.1. The van der Waals surface area contributed by atoms with Crippen LogP contribution < -0.4 is 14.8 Å². The second-order valence-electron chi connectivity index (χ2n) is 6.45. The third kappa shape index (κ3) is 4.43. The van der Waals surface area contributed by atoms with Gasteiger partial charge in [-0.15, -0.1) is 0 Å². The number of methoxy groups -OCH3 is 2. The minimum absolute atomic E-state index is 0.215. The molecular formula is C22H22N2O6. The van der Waals surface area contributed by atoms with E-state index >= 15 is 0 Å². The maximum absolute atomic E-state index is 13.0. The number of esters is 1. The van der Waals surface area contributed by atoms with Gasteiger partial charge in [0.25, 0.3) is 5.91 Å². The first-order valence-electron chi connectivity index (χ1n) is 9.16. The third-order valence-corrected chi connectivity index (χ3v) is 4.55. The molecule has 0 saturated heterocycles. The molecule has 0 atom stereocenters. The van der Waals surface area contributed by atoms with Gasteiger partial charge in [0, 0.05) is 0 Å². The molecule has 1 aromatic heterocycles. The molecular weight excluding hydrogens is 388 g/mol. The summed E-state index contributed by atoms with van der Waals surface area (Å²) in [6.45, 7) is 3.85. The number of anilines is 1. The van der Waals surface area contributed by atoms with Crippen molar-refractivity contribution in [2.24, 2.45) is 0 Å². The van der Waals surface area contributed by atoms with E-state index in [2.05, 4.69) is 10.5 Å². The van der Waals surface area contributed by atoms with Crippen molar-refractivity contribution in [2.75, 3.05) is 19.5 Å². The number of carbonyl (C=O) groups is 2. The Morgan fingerprint density at radius 2 is 1.83 bits per heavy atom. The average Bonchev–Trinajstić information content (AvgIpc) is 3.09. The highest BCUT2D eigenvalue weighted by atomic mass is 16.5. The number of carbonyl (C=O) groups excluding carboxylic acids is 2. The molecule has 0 aliphatic rings. The van der Waals surface area contributed by atoms with Crippen molar-refractivity contribution in [3.05, 3.63) is 70.6 Å². The summed E-state index contributed by atoms with van der Waals surface area (Å²) >= 11 is 0. The number of amides is 1. The predicted octanol–water partition coefficient (Wildman–Crippen LogP) is 3.92. The Bertz CT molecular complexity index is 1050. The highest BCUT2D eigenvalue weighted by Crippen LogP contribution is 2.28. The SMILES string of the molecule is COC(=O)c1ccc(OC)c(NC(=O)c2ccccc2OCc2c(C)noc2C)c1. The van der Waals surface area contributed by atoms with Gasteiger partial charge in [-0.2, -0.15) is 0 Å². The lowest BCUT2D eigenvalue weighted by atomic mass is 10.1. The predicted molar refractivity (Wildman–Crippen MR) is 109 cm³/mol. The second kappa shape index (κ2) is 9.13. The van der Waals surface area contributed by atoms with Gasteiger partial charge in [-0.25, -0.2) is 4.79 Å². The fourth-order valence-electron chi connectivity index (χ4n) is 2.88. The topological polar surface area (TPSA) is 99.9 Å². The van der Waals surface area contributed by atoms with E-state index < -0.39 is 11.9 Å². The van der Waals surface area contributed by atoms with Gasteiger partial charge >= 0.3 is 5.97 Å². The summed E-state index contributed by atoms with van der Waals surface area (Å²) in [5.41, 5.74) is 2.52. The number of nitrogens with one attached hydrogen (secondary N) is 1. The first-order valence-corrected chi connectivity index (χ1v) is 9.16. The van der Waals surface area contributed by atoms with E-state index in [1.165, 1.54) is 20.3 Å². The summed E-state index contributed by atoms with van der Waals surface area (Å²) < 4.78 is 21.0. The second-order valence-corrected chi connectivity index (χ2v) is 6.45. The molecule has 0 bridgehead atoms. The number of aromatic nitrogens is 1. The number of aryl methyl sites for hydroxylation is 2. The van der Waals surface area contributed by atoms with E-state index in [0.29, 0.717) is 28.5 Å². The van der Waals surface area contributed by atoms with E-state index in [9.17, 15) is 9.59 Å². The van der Waals surface area contributed by atoms with Crippen LogP contribution >= 0.6 is 0 Å². The van der Waals surface area contributed by atoms with Crippen LogP contribution in [0.2, 0.25) is 0 Å². The fourth-order valence-corrected chi connectivity index (χ4v) is 2.88. The Kier molecular flexibility index (Phi) is 6.36. The van der Waals surface area contributed by atoms with Gasteiger partial charge in [0.1, 0.15) is 23.9 Å². The highest BCUT2D eigenvalue weighted by Gasteiger charge is 2.18.